The molecule has 0 aliphatic heterocycles. The Hall–Kier alpha value is -1.91. The summed E-state index contributed by atoms with van der Waals surface area (Å²) in [6.07, 6.45) is 0.928. The summed E-state index contributed by atoms with van der Waals surface area (Å²) < 4.78 is 11.6. The molecule has 0 spiro atoms. The Labute approximate surface area is 188 Å². The molecule has 0 atom stereocenters. The summed E-state index contributed by atoms with van der Waals surface area (Å²) in [5.74, 6) is 1.45. The van der Waals surface area contributed by atoms with E-state index in [9.17, 15) is 0 Å². The first-order valence-electron chi connectivity index (χ1n) is 9.14. The summed E-state index contributed by atoms with van der Waals surface area (Å²) >= 11 is 12.2. The van der Waals surface area contributed by atoms with E-state index in [1.807, 2.05) is 66.7 Å². The first-order chi connectivity index (χ1) is 13.7. The van der Waals surface area contributed by atoms with Gasteiger partial charge in [-0.1, -0.05) is 65.7 Å². The number of ether oxygens (including phenoxy) is 2. The third-order valence-corrected chi connectivity index (χ3v) is 5.05. The van der Waals surface area contributed by atoms with Crippen molar-refractivity contribution in [1.29, 1.82) is 0 Å². The van der Waals surface area contributed by atoms with E-state index in [0.717, 1.165) is 34.9 Å². The van der Waals surface area contributed by atoms with Crippen LogP contribution in [0.5, 0.6) is 11.5 Å². The van der Waals surface area contributed by atoms with Crippen molar-refractivity contribution in [3.8, 4) is 11.5 Å². The second kappa shape index (κ2) is 11.9. The van der Waals surface area contributed by atoms with Crippen LogP contribution >= 0.6 is 35.6 Å². The minimum atomic E-state index is 0. The van der Waals surface area contributed by atoms with Crippen LogP contribution in [-0.2, 0) is 19.6 Å². The zero-order valence-electron chi connectivity index (χ0n) is 16.2. The molecular weight excluding hydrogens is 429 g/mol. The van der Waals surface area contributed by atoms with Gasteiger partial charge in [-0.25, -0.2) is 0 Å². The van der Waals surface area contributed by atoms with Gasteiger partial charge in [-0.2, -0.15) is 0 Å². The molecule has 0 heterocycles. The molecule has 0 aliphatic carbocycles. The smallest absolute Gasteiger partial charge is 0.166 e. The molecule has 0 saturated heterocycles. The molecule has 0 radical (unpaired) electrons. The summed E-state index contributed by atoms with van der Waals surface area (Å²) in [4.78, 5) is 0. The van der Waals surface area contributed by atoms with Crippen molar-refractivity contribution in [3.63, 3.8) is 0 Å². The van der Waals surface area contributed by atoms with Crippen molar-refractivity contribution in [2.24, 2.45) is 0 Å². The lowest BCUT2D eigenvalue weighted by molar-refractivity contribution is 0.280. The van der Waals surface area contributed by atoms with Crippen LogP contribution in [0.15, 0.2) is 66.7 Å². The van der Waals surface area contributed by atoms with Gasteiger partial charge in [-0.15, -0.1) is 12.4 Å². The van der Waals surface area contributed by atoms with Crippen LogP contribution in [0.2, 0.25) is 10.0 Å². The number of halogens is 3. The van der Waals surface area contributed by atoms with Crippen LogP contribution in [0.4, 0.5) is 0 Å². The highest BCUT2D eigenvalue weighted by molar-refractivity contribution is 6.31. The average molecular weight is 453 g/mol. The molecule has 3 rings (SSSR count). The van der Waals surface area contributed by atoms with Crippen molar-refractivity contribution < 1.29 is 9.47 Å². The van der Waals surface area contributed by atoms with Crippen molar-refractivity contribution in [3.05, 3.63) is 93.5 Å². The van der Waals surface area contributed by atoms with E-state index in [-0.39, 0.29) is 12.4 Å². The molecule has 29 heavy (non-hydrogen) atoms. The van der Waals surface area contributed by atoms with Crippen LogP contribution < -0.4 is 14.8 Å². The van der Waals surface area contributed by atoms with Crippen molar-refractivity contribution in [1.82, 2.24) is 5.32 Å². The minimum Gasteiger partial charge on any atom is -0.493 e. The van der Waals surface area contributed by atoms with E-state index < -0.39 is 0 Å². The van der Waals surface area contributed by atoms with Gasteiger partial charge in [0, 0.05) is 27.7 Å². The Bertz CT molecular complexity index is 901. The summed E-state index contributed by atoms with van der Waals surface area (Å²) in [7, 11) is 1.65. The number of hydrogen-bond acceptors (Lipinski definition) is 3. The van der Waals surface area contributed by atoms with Crippen molar-refractivity contribution in [2.75, 3.05) is 13.7 Å². The van der Waals surface area contributed by atoms with E-state index in [1.165, 1.54) is 5.56 Å². The lowest BCUT2D eigenvalue weighted by atomic mass is 10.1. The SMILES string of the molecule is COc1cccc(CNCCc2ccc(Cl)cc2)c1OCc1ccccc1Cl.Cl. The fourth-order valence-corrected chi connectivity index (χ4v) is 3.21. The number of para-hydroxylation sites is 1. The number of methoxy groups -OCH3 is 1. The Balaban J connectivity index is 0.00000300. The Kier molecular flexibility index (Phi) is 9.62. The van der Waals surface area contributed by atoms with E-state index in [4.69, 9.17) is 32.7 Å². The molecule has 0 aromatic heterocycles. The van der Waals surface area contributed by atoms with Crippen LogP contribution in [0.1, 0.15) is 16.7 Å². The number of rotatable bonds is 9. The molecule has 1 N–H and O–H groups in total. The highest BCUT2D eigenvalue weighted by atomic mass is 35.5. The molecule has 0 aliphatic rings. The predicted molar refractivity (Wildman–Crippen MR) is 123 cm³/mol. The Morgan fingerprint density at radius 2 is 1.59 bits per heavy atom. The standard InChI is InChI=1S/C23H23Cl2NO2.ClH/c1-27-22-8-4-6-18(15-26-14-13-17-9-11-20(24)12-10-17)23(22)28-16-19-5-2-3-7-21(19)25;/h2-12,26H,13-16H2,1H3;1H. The van der Waals surface area contributed by atoms with E-state index in [1.54, 1.807) is 7.11 Å². The average Bonchev–Trinajstić information content (AvgIpc) is 2.72. The summed E-state index contributed by atoms with van der Waals surface area (Å²) in [6.45, 7) is 1.92. The minimum absolute atomic E-state index is 0. The number of benzene rings is 3. The molecule has 0 saturated carbocycles. The van der Waals surface area contributed by atoms with Crippen LogP contribution in [0.25, 0.3) is 0 Å². The lowest BCUT2D eigenvalue weighted by Gasteiger charge is -2.16. The molecule has 3 aromatic carbocycles. The van der Waals surface area contributed by atoms with Gasteiger partial charge >= 0.3 is 0 Å². The third-order valence-electron chi connectivity index (χ3n) is 4.43. The van der Waals surface area contributed by atoms with Gasteiger partial charge in [0.05, 0.1) is 7.11 Å². The summed E-state index contributed by atoms with van der Waals surface area (Å²) in [5, 5.41) is 4.92. The monoisotopic (exact) mass is 451 g/mol. The normalized spacial score (nSPS) is 10.3. The molecular formula is C23H24Cl3NO2. The predicted octanol–water partition coefficient (Wildman–Crippen LogP) is 6.34. The number of nitrogens with one attached hydrogen (secondary N) is 1. The number of hydrogen-bond donors (Lipinski definition) is 1. The topological polar surface area (TPSA) is 30.5 Å². The van der Waals surface area contributed by atoms with E-state index in [2.05, 4.69) is 5.32 Å². The fraction of sp³-hybridized carbons (Fsp3) is 0.217. The molecule has 0 unspecified atom stereocenters. The Morgan fingerprint density at radius 3 is 2.31 bits per heavy atom. The highest BCUT2D eigenvalue weighted by Crippen LogP contribution is 2.32. The van der Waals surface area contributed by atoms with Crippen LogP contribution in [0, 0.1) is 0 Å². The molecule has 6 heteroatoms. The van der Waals surface area contributed by atoms with Gasteiger partial charge in [0.25, 0.3) is 0 Å². The summed E-state index contributed by atoms with van der Waals surface area (Å²) in [6, 6.07) is 21.5. The third kappa shape index (κ3) is 6.83. The molecule has 3 nitrogen and oxygen atoms in total. The van der Waals surface area contributed by atoms with Gasteiger partial charge in [0.2, 0.25) is 0 Å². The van der Waals surface area contributed by atoms with E-state index >= 15 is 0 Å². The maximum absolute atomic E-state index is 6.24. The van der Waals surface area contributed by atoms with Crippen LogP contribution in [0.3, 0.4) is 0 Å². The first kappa shape index (κ1) is 23.4. The largest absolute Gasteiger partial charge is 0.493 e. The molecule has 0 amide bonds. The highest BCUT2D eigenvalue weighted by Gasteiger charge is 2.11. The van der Waals surface area contributed by atoms with Crippen LogP contribution in [-0.4, -0.2) is 13.7 Å². The fourth-order valence-electron chi connectivity index (χ4n) is 2.90. The van der Waals surface area contributed by atoms with Crippen molar-refractivity contribution in [2.45, 2.75) is 19.6 Å². The van der Waals surface area contributed by atoms with Gasteiger partial charge in [-0.05, 0) is 42.8 Å². The maximum Gasteiger partial charge on any atom is 0.166 e. The van der Waals surface area contributed by atoms with Gasteiger partial charge in [0.1, 0.15) is 6.61 Å². The second-order valence-corrected chi connectivity index (χ2v) is 7.23. The lowest BCUT2D eigenvalue weighted by Crippen LogP contribution is -2.17. The second-order valence-electron chi connectivity index (χ2n) is 6.38. The zero-order chi connectivity index (χ0) is 19.8. The molecule has 3 aromatic rings. The van der Waals surface area contributed by atoms with E-state index in [0.29, 0.717) is 23.9 Å². The zero-order valence-corrected chi connectivity index (χ0v) is 18.5. The first-order valence-corrected chi connectivity index (χ1v) is 9.90. The Morgan fingerprint density at radius 1 is 0.862 bits per heavy atom. The maximum atomic E-state index is 6.24. The summed E-state index contributed by atoms with van der Waals surface area (Å²) in [5.41, 5.74) is 3.23. The van der Waals surface area contributed by atoms with Crippen molar-refractivity contribution >= 4 is 35.6 Å². The van der Waals surface area contributed by atoms with Gasteiger partial charge in [0.15, 0.2) is 11.5 Å². The van der Waals surface area contributed by atoms with Gasteiger partial charge < -0.3 is 14.8 Å². The molecule has 154 valence electrons. The molecule has 0 bridgehead atoms. The van der Waals surface area contributed by atoms with Gasteiger partial charge in [-0.3, -0.25) is 0 Å². The molecule has 0 fully saturated rings. The quantitative estimate of drug-likeness (QED) is 0.384.